The number of aromatic nitrogens is 2. The van der Waals surface area contributed by atoms with Crippen molar-refractivity contribution in [3.63, 3.8) is 0 Å². The highest BCUT2D eigenvalue weighted by Crippen LogP contribution is 2.15. The minimum absolute atomic E-state index is 0.122. The van der Waals surface area contributed by atoms with E-state index < -0.39 is 10.0 Å². The number of hydrogen-bond donors (Lipinski definition) is 2. The number of nitrogens with zero attached hydrogens (tertiary/aromatic N) is 1. The monoisotopic (exact) mass is 245 g/mol. The Bertz CT molecular complexity index is 443. The van der Waals surface area contributed by atoms with Gasteiger partial charge in [0, 0.05) is 17.8 Å². The lowest BCUT2D eigenvalue weighted by molar-refractivity contribution is 0.458. The zero-order chi connectivity index (χ0) is 12.4. The Morgan fingerprint density at radius 3 is 2.50 bits per heavy atom. The van der Waals surface area contributed by atoms with E-state index in [1.165, 1.54) is 0 Å². The number of rotatable bonds is 4. The largest absolute Gasteiger partial charge is 0.283 e. The summed E-state index contributed by atoms with van der Waals surface area (Å²) in [5, 5.41) is 6.61. The van der Waals surface area contributed by atoms with E-state index in [9.17, 15) is 8.42 Å². The molecule has 0 saturated heterocycles. The quantitative estimate of drug-likeness (QED) is 0.836. The second-order valence-electron chi connectivity index (χ2n) is 5.16. The Morgan fingerprint density at radius 2 is 2.06 bits per heavy atom. The Hall–Kier alpha value is -0.880. The summed E-state index contributed by atoms with van der Waals surface area (Å²) in [6.07, 6.45) is 1.63. The molecule has 0 aliphatic carbocycles. The van der Waals surface area contributed by atoms with Gasteiger partial charge in [0.15, 0.2) is 0 Å². The molecule has 92 valence electrons. The maximum Gasteiger partial charge on any atom is 0.212 e. The van der Waals surface area contributed by atoms with Gasteiger partial charge in [0.1, 0.15) is 0 Å². The van der Waals surface area contributed by atoms with Crippen LogP contribution in [0.25, 0.3) is 0 Å². The fourth-order valence-electron chi connectivity index (χ4n) is 1.36. The van der Waals surface area contributed by atoms with E-state index in [2.05, 4.69) is 14.9 Å². The van der Waals surface area contributed by atoms with E-state index in [1.54, 1.807) is 6.20 Å². The number of hydrogen-bond acceptors (Lipinski definition) is 3. The third-order valence-electron chi connectivity index (χ3n) is 2.04. The Balaban J connectivity index is 2.59. The molecule has 0 saturated carbocycles. The molecule has 0 atom stereocenters. The summed E-state index contributed by atoms with van der Waals surface area (Å²) in [6.45, 7) is 7.85. The van der Waals surface area contributed by atoms with E-state index in [0.29, 0.717) is 6.54 Å². The van der Waals surface area contributed by atoms with Crippen LogP contribution in [0.3, 0.4) is 0 Å². The second kappa shape index (κ2) is 4.55. The molecule has 0 aromatic carbocycles. The van der Waals surface area contributed by atoms with Crippen LogP contribution in [-0.2, 0) is 16.6 Å². The van der Waals surface area contributed by atoms with Crippen LogP contribution in [0.5, 0.6) is 0 Å². The minimum atomic E-state index is -3.22. The van der Waals surface area contributed by atoms with Crippen molar-refractivity contribution in [1.29, 1.82) is 0 Å². The molecule has 0 spiro atoms. The Morgan fingerprint density at radius 1 is 1.44 bits per heavy atom. The molecule has 0 fully saturated rings. The van der Waals surface area contributed by atoms with Gasteiger partial charge in [0.25, 0.3) is 0 Å². The van der Waals surface area contributed by atoms with Gasteiger partial charge in [0.05, 0.1) is 11.9 Å². The van der Waals surface area contributed by atoms with Crippen molar-refractivity contribution >= 4 is 10.0 Å². The first kappa shape index (κ1) is 13.2. The molecule has 1 aromatic rings. The molecule has 1 aromatic heterocycles. The van der Waals surface area contributed by atoms with Gasteiger partial charge in [-0.05, 0) is 12.3 Å². The highest BCUT2D eigenvalue weighted by atomic mass is 32.2. The van der Waals surface area contributed by atoms with Crippen molar-refractivity contribution in [2.45, 2.75) is 34.2 Å². The van der Waals surface area contributed by atoms with Gasteiger partial charge in [-0.25, -0.2) is 13.1 Å². The summed E-state index contributed by atoms with van der Waals surface area (Å²) in [7, 11) is -3.22. The molecule has 0 amide bonds. The Labute approximate surface area is 96.7 Å². The SMILES string of the molecule is Cc1[nH]ncc1CNS(=O)(=O)CC(C)(C)C. The maximum absolute atomic E-state index is 11.7. The summed E-state index contributed by atoms with van der Waals surface area (Å²) >= 11 is 0. The van der Waals surface area contributed by atoms with Gasteiger partial charge >= 0.3 is 0 Å². The summed E-state index contributed by atoms with van der Waals surface area (Å²) in [5.41, 5.74) is 1.52. The molecule has 16 heavy (non-hydrogen) atoms. The van der Waals surface area contributed by atoms with E-state index >= 15 is 0 Å². The molecule has 5 nitrogen and oxygen atoms in total. The third-order valence-corrected chi connectivity index (χ3v) is 3.87. The van der Waals surface area contributed by atoms with Crippen LogP contribution in [0, 0.1) is 12.3 Å². The molecule has 1 rings (SSSR count). The molecule has 6 heteroatoms. The van der Waals surface area contributed by atoms with Gasteiger partial charge in [0.2, 0.25) is 10.0 Å². The lowest BCUT2D eigenvalue weighted by Crippen LogP contribution is -2.32. The van der Waals surface area contributed by atoms with Gasteiger partial charge in [-0.3, -0.25) is 5.10 Å². The number of aromatic amines is 1. The summed E-state index contributed by atoms with van der Waals surface area (Å²) < 4.78 is 26.0. The van der Waals surface area contributed by atoms with Gasteiger partial charge in [-0.1, -0.05) is 20.8 Å². The number of aryl methyl sites for hydroxylation is 1. The van der Waals surface area contributed by atoms with Crippen LogP contribution < -0.4 is 4.72 Å². The fourth-order valence-corrected chi connectivity index (χ4v) is 2.98. The molecule has 0 aliphatic rings. The van der Waals surface area contributed by atoms with Crippen molar-refractivity contribution in [1.82, 2.24) is 14.9 Å². The van der Waals surface area contributed by atoms with Crippen LogP contribution in [0.2, 0.25) is 0 Å². The fraction of sp³-hybridized carbons (Fsp3) is 0.700. The average molecular weight is 245 g/mol. The van der Waals surface area contributed by atoms with Crippen LogP contribution >= 0.6 is 0 Å². The van der Waals surface area contributed by atoms with Crippen LogP contribution in [0.15, 0.2) is 6.20 Å². The van der Waals surface area contributed by atoms with Crippen LogP contribution in [0.4, 0.5) is 0 Å². The van der Waals surface area contributed by atoms with Crippen LogP contribution in [0.1, 0.15) is 32.0 Å². The first-order valence-electron chi connectivity index (χ1n) is 5.16. The smallest absolute Gasteiger partial charge is 0.212 e. The van der Waals surface area contributed by atoms with Gasteiger partial charge < -0.3 is 0 Å². The van der Waals surface area contributed by atoms with E-state index in [-0.39, 0.29) is 11.2 Å². The average Bonchev–Trinajstić information content (AvgIpc) is 2.43. The molecular formula is C10H19N3O2S. The van der Waals surface area contributed by atoms with E-state index in [4.69, 9.17) is 0 Å². The standard InChI is InChI=1S/C10H19N3O2S/c1-8-9(5-11-13-8)6-12-16(14,15)7-10(2,3)4/h5,12H,6-7H2,1-4H3,(H,11,13). The summed E-state index contributed by atoms with van der Waals surface area (Å²) in [5.74, 6) is 0.122. The zero-order valence-electron chi connectivity index (χ0n) is 10.2. The van der Waals surface area contributed by atoms with Crippen LogP contribution in [-0.4, -0.2) is 24.4 Å². The van der Waals surface area contributed by atoms with Gasteiger partial charge in [-0.15, -0.1) is 0 Å². The van der Waals surface area contributed by atoms with E-state index in [0.717, 1.165) is 11.3 Å². The minimum Gasteiger partial charge on any atom is -0.283 e. The van der Waals surface area contributed by atoms with E-state index in [1.807, 2.05) is 27.7 Å². The maximum atomic E-state index is 11.7. The molecular weight excluding hydrogens is 226 g/mol. The topological polar surface area (TPSA) is 74.8 Å². The second-order valence-corrected chi connectivity index (χ2v) is 6.97. The number of H-pyrrole nitrogens is 1. The van der Waals surface area contributed by atoms with Crippen molar-refractivity contribution in [2.24, 2.45) is 5.41 Å². The third kappa shape index (κ3) is 4.32. The number of nitrogens with one attached hydrogen (secondary N) is 2. The lowest BCUT2D eigenvalue weighted by Gasteiger charge is -2.18. The molecule has 0 radical (unpaired) electrons. The van der Waals surface area contributed by atoms with Crippen molar-refractivity contribution in [3.8, 4) is 0 Å². The molecule has 1 heterocycles. The predicted molar refractivity (Wildman–Crippen MR) is 63.4 cm³/mol. The first-order chi connectivity index (χ1) is 7.20. The molecule has 0 bridgehead atoms. The normalized spacial score (nSPS) is 13.0. The molecule has 0 unspecified atom stereocenters. The van der Waals surface area contributed by atoms with Crippen molar-refractivity contribution in [3.05, 3.63) is 17.5 Å². The number of sulfonamides is 1. The van der Waals surface area contributed by atoms with Crippen molar-refractivity contribution in [2.75, 3.05) is 5.75 Å². The highest BCUT2D eigenvalue weighted by Gasteiger charge is 2.21. The Kier molecular flexibility index (Phi) is 3.75. The first-order valence-corrected chi connectivity index (χ1v) is 6.81. The summed E-state index contributed by atoms with van der Waals surface area (Å²) in [4.78, 5) is 0. The van der Waals surface area contributed by atoms with Gasteiger partial charge in [-0.2, -0.15) is 5.10 Å². The predicted octanol–water partition coefficient (Wildman–Crippen LogP) is 1.18. The zero-order valence-corrected chi connectivity index (χ0v) is 11.0. The highest BCUT2D eigenvalue weighted by molar-refractivity contribution is 7.89. The summed E-state index contributed by atoms with van der Waals surface area (Å²) in [6, 6.07) is 0. The lowest BCUT2D eigenvalue weighted by atomic mass is 10.0. The molecule has 2 N–H and O–H groups in total. The molecule has 0 aliphatic heterocycles. The van der Waals surface area contributed by atoms with Crippen molar-refractivity contribution < 1.29 is 8.42 Å².